The van der Waals surface area contributed by atoms with E-state index in [1.54, 1.807) is 0 Å². The molecule has 0 heterocycles. The maximum absolute atomic E-state index is 12.2. The van der Waals surface area contributed by atoms with Gasteiger partial charge in [0.05, 0.1) is 10.2 Å². The highest BCUT2D eigenvalue weighted by Crippen LogP contribution is 2.31. The van der Waals surface area contributed by atoms with Crippen LogP contribution in [0.25, 0.3) is 11.1 Å². The normalized spacial score (nSPS) is 10.5. The van der Waals surface area contributed by atoms with E-state index in [1.165, 1.54) is 5.56 Å². The van der Waals surface area contributed by atoms with E-state index in [1.807, 2.05) is 54.6 Å². The van der Waals surface area contributed by atoms with Gasteiger partial charge in [-0.15, -0.1) is 0 Å². The first kappa shape index (κ1) is 19.6. The molecular formula is C22H19Br2NO2. The topological polar surface area (TPSA) is 38.3 Å². The van der Waals surface area contributed by atoms with Gasteiger partial charge in [0.1, 0.15) is 5.75 Å². The summed E-state index contributed by atoms with van der Waals surface area (Å²) < 4.78 is 7.35. The second-order valence-corrected chi connectivity index (χ2v) is 7.72. The maximum Gasteiger partial charge on any atom is 0.262 e. The molecule has 0 aliphatic carbocycles. The van der Waals surface area contributed by atoms with Crippen molar-refractivity contribution >= 4 is 43.5 Å². The molecule has 0 fully saturated rings. The van der Waals surface area contributed by atoms with Gasteiger partial charge < -0.3 is 10.1 Å². The van der Waals surface area contributed by atoms with Crippen molar-refractivity contribution in [3.05, 3.63) is 81.2 Å². The highest BCUT2D eigenvalue weighted by molar-refractivity contribution is 9.11. The second-order valence-electron chi connectivity index (χ2n) is 6.02. The van der Waals surface area contributed by atoms with Crippen LogP contribution in [-0.2, 0) is 11.2 Å². The van der Waals surface area contributed by atoms with Crippen molar-refractivity contribution in [3.8, 4) is 16.9 Å². The van der Waals surface area contributed by atoms with Gasteiger partial charge in [0.15, 0.2) is 6.61 Å². The molecule has 0 saturated carbocycles. The molecule has 0 radical (unpaired) electrons. The third-order valence-electron chi connectivity index (χ3n) is 4.11. The van der Waals surface area contributed by atoms with Gasteiger partial charge in [0, 0.05) is 4.47 Å². The second kappa shape index (κ2) is 9.20. The van der Waals surface area contributed by atoms with Gasteiger partial charge >= 0.3 is 0 Å². The van der Waals surface area contributed by atoms with Crippen LogP contribution in [0.15, 0.2) is 75.7 Å². The van der Waals surface area contributed by atoms with Crippen LogP contribution in [0.3, 0.4) is 0 Å². The number of halogens is 2. The predicted molar refractivity (Wildman–Crippen MR) is 117 cm³/mol. The molecule has 0 aliphatic heterocycles. The number of rotatable bonds is 6. The fourth-order valence-electron chi connectivity index (χ4n) is 2.64. The SMILES string of the molecule is CCc1ccc(NC(=O)COc2ccc(-c3ccccc3)cc2Br)c(Br)c1. The summed E-state index contributed by atoms with van der Waals surface area (Å²) in [6.07, 6.45) is 0.947. The van der Waals surface area contributed by atoms with Gasteiger partial charge in [-0.3, -0.25) is 4.79 Å². The number of amides is 1. The van der Waals surface area contributed by atoms with Crippen LogP contribution in [0.4, 0.5) is 5.69 Å². The first-order valence-electron chi connectivity index (χ1n) is 8.63. The number of ether oxygens (including phenoxy) is 1. The monoisotopic (exact) mass is 487 g/mol. The van der Waals surface area contributed by atoms with Gasteiger partial charge in [-0.25, -0.2) is 0 Å². The number of carbonyl (C=O) groups is 1. The number of anilines is 1. The van der Waals surface area contributed by atoms with Gasteiger partial charge in [0.25, 0.3) is 5.91 Å². The summed E-state index contributed by atoms with van der Waals surface area (Å²) in [5.41, 5.74) is 4.15. The van der Waals surface area contributed by atoms with Crippen molar-refractivity contribution in [1.29, 1.82) is 0 Å². The lowest BCUT2D eigenvalue weighted by Crippen LogP contribution is -2.20. The Bertz CT molecular complexity index is 942. The minimum atomic E-state index is -0.209. The van der Waals surface area contributed by atoms with E-state index in [0.717, 1.165) is 32.2 Å². The van der Waals surface area contributed by atoms with Crippen molar-refractivity contribution in [2.75, 3.05) is 11.9 Å². The van der Waals surface area contributed by atoms with Crippen molar-refractivity contribution in [1.82, 2.24) is 0 Å². The Kier molecular flexibility index (Phi) is 6.69. The zero-order valence-electron chi connectivity index (χ0n) is 14.8. The van der Waals surface area contributed by atoms with E-state index < -0.39 is 0 Å². The first-order valence-corrected chi connectivity index (χ1v) is 10.2. The Morgan fingerprint density at radius 2 is 1.70 bits per heavy atom. The lowest BCUT2D eigenvalue weighted by atomic mass is 10.1. The minimum Gasteiger partial charge on any atom is -0.483 e. The third-order valence-corrected chi connectivity index (χ3v) is 5.39. The zero-order chi connectivity index (χ0) is 19.2. The van der Waals surface area contributed by atoms with E-state index in [2.05, 4.69) is 56.2 Å². The standard InChI is InChI=1S/C22H19Br2NO2/c1-2-15-8-10-20(18(23)12-15)25-22(26)14-27-21-11-9-17(13-19(21)24)16-6-4-3-5-7-16/h3-13H,2,14H2,1H3,(H,25,26). The van der Waals surface area contributed by atoms with E-state index in [0.29, 0.717) is 5.75 Å². The number of benzene rings is 3. The summed E-state index contributed by atoms with van der Waals surface area (Å²) in [6, 6.07) is 21.8. The molecule has 3 aromatic carbocycles. The molecule has 3 rings (SSSR count). The lowest BCUT2D eigenvalue weighted by molar-refractivity contribution is -0.118. The Morgan fingerprint density at radius 3 is 2.37 bits per heavy atom. The Balaban J connectivity index is 1.62. The Hall–Kier alpha value is -2.11. The minimum absolute atomic E-state index is 0.0642. The quantitative estimate of drug-likeness (QED) is 0.432. The molecule has 1 amide bonds. The zero-order valence-corrected chi connectivity index (χ0v) is 18.0. The summed E-state index contributed by atoms with van der Waals surface area (Å²) >= 11 is 7.02. The van der Waals surface area contributed by atoms with Crippen LogP contribution >= 0.6 is 31.9 Å². The molecule has 5 heteroatoms. The molecule has 3 aromatic rings. The molecule has 0 saturated heterocycles. The summed E-state index contributed by atoms with van der Waals surface area (Å²) in [5.74, 6) is 0.421. The Morgan fingerprint density at radius 1 is 0.926 bits per heavy atom. The first-order chi connectivity index (χ1) is 13.1. The van der Waals surface area contributed by atoms with E-state index >= 15 is 0 Å². The summed E-state index contributed by atoms with van der Waals surface area (Å²) in [5, 5.41) is 2.86. The molecule has 0 bridgehead atoms. The fraction of sp³-hybridized carbons (Fsp3) is 0.136. The van der Waals surface area contributed by atoms with E-state index in [9.17, 15) is 4.79 Å². The van der Waals surface area contributed by atoms with Crippen LogP contribution in [-0.4, -0.2) is 12.5 Å². The van der Waals surface area contributed by atoms with Crippen LogP contribution in [0.2, 0.25) is 0 Å². The summed E-state index contributed by atoms with van der Waals surface area (Å²) in [7, 11) is 0. The van der Waals surface area contributed by atoms with E-state index in [-0.39, 0.29) is 12.5 Å². The summed E-state index contributed by atoms with van der Waals surface area (Å²) in [4.78, 5) is 12.2. The van der Waals surface area contributed by atoms with Crippen molar-refractivity contribution < 1.29 is 9.53 Å². The van der Waals surface area contributed by atoms with Gasteiger partial charge in [-0.05, 0) is 79.2 Å². The molecule has 1 N–H and O–H groups in total. The lowest BCUT2D eigenvalue weighted by Gasteiger charge is -2.12. The number of nitrogens with one attached hydrogen (secondary N) is 1. The predicted octanol–water partition coefficient (Wildman–Crippen LogP) is 6.46. The summed E-state index contributed by atoms with van der Waals surface area (Å²) in [6.45, 7) is 2.03. The van der Waals surface area contributed by atoms with Crippen LogP contribution in [0, 0.1) is 0 Å². The largest absolute Gasteiger partial charge is 0.483 e. The van der Waals surface area contributed by atoms with Gasteiger partial charge in [0.2, 0.25) is 0 Å². The number of hydrogen-bond acceptors (Lipinski definition) is 2. The van der Waals surface area contributed by atoms with Crippen LogP contribution < -0.4 is 10.1 Å². The highest BCUT2D eigenvalue weighted by Gasteiger charge is 2.09. The smallest absolute Gasteiger partial charge is 0.262 e. The Labute approximate surface area is 176 Å². The molecular weight excluding hydrogens is 470 g/mol. The average molecular weight is 489 g/mol. The molecule has 0 spiro atoms. The molecule has 3 nitrogen and oxygen atoms in total. The molecule has 138 valence electrons. The van der Waals surface area contributed by atoms with Crippen LogP contribution in [0.1, 0.15) is 12.5 Å². The van der Waals surface area contributed by atoms with Gasteiger partial charge in [-0.2, -0.15) is 0 Å². The van der Waals surface area contributed by atoms with Crippen molar-refractivity contribution in [2.24, 2.45) is 0 Å². The average Bonchev–Trinajstić information content (AvgIpc) is 2.69. The third kappa shape index (κ3) is 5.21. The molecule has 0 aliphatic rings. The highest BCUT2D eigenvalue weighted by atomic mass is 79.9. The fourth-order valence-corrected chi connectivity index (χ4v) is 3.66. The molecule has 0 atom stereocenters. The van der Waals surface area contributed by atoms with Crippen molar-refractivity contribution in [3.63, 3.8) is 0 Å². The van der Waals surface area contributed by atoms with Gasteiger partial charge in [-0.1, -0.05) is 49.4 Å². The van der Waals surface area contributed by atoms with E-state index in [4.69, 9.17) is 4.74 Å². The molecule has 0 unspecified atom stereocenters. The number of carbonyl (C=O) groups excluding carboxylic acids is 1. The molecule has 0 aromatic heterocycles. The molecule has 27 heavy (non-hydrogen) atoms. The number of aryl methyl sites for hydroxylation is 1. The van der Waals surface area contributed by atoms with Crippen molar-refractivity contribution in [2.45, 2.75) is 13.3 Å². The maximum atomic E-state index is 12.2. The number of hydrogen-bond donors (Lipinski definition) is 1. The van der Waals surface area contributed by atoms with Crippen LogP contribution in [0.5, 0.6) is 5.75 Å².